The van der Waals surface area contributed by atoms with Crippen LogP contribution in [0.3, 0.4) is 0 Å². The lowest BCUT2D eigenvalue weighted by molar-refractivity contribution is -0.138. The van der Waals surface area contributed by atoms with Crippen molar-refractivity contribution in [2.45, 2.75) is 31.3 Å². The molecule has 0 radical (unpaired) electrons. The Kier molecular flexibility index (Phi) is 3.68. The van der Waals surface area contributed by atoms with Crippen molar-refractivity contribution in [2.75, 3.05) is 13.1 Å². The number of amides is 1. The van der Waals surface area contributed by atoms with Gasteiger partial charge in [0.2, 0.25) is 5.91 Å². The highest BCUT2D eigenvalue weighted by atomic mass is 16.2. The van der Waals surface area contributed by atoms with Gasteiger partial charge in [-0.3, -0.25) is 4.79 Å². The highest BCUT2D eigenvalue weighted by molar-refractivity contribution is 5.87. The van der Waals surface area contributed by atoms with Gasteiger partial charge in [0.25, 0.3) is 0 Å². The summed E-state index contributed by atoms with van der Waals surface area (Å²) in [7, 11) is 0. The smallest absolute Gasteiger partial charge is 0.247 e. The van der Waals surface area contributed by atoms with Crippen LogP contribution in [-0.4, -0.2) is 29.9 Å². The first-order valence-corrected chi connectivity index (χ1v) is 6.41. The Labute approximate surface area is 108 Å². The molecule has 2 unspecified atom stereocenters. The van der Waals surface area contributed by atoms with Crippen molar-refractivity contribution in [3.05, 3.63) is 35.9 Å². The lowest BCUT2D eigenvalue weighted by Crippen LogP contribution is -2.55. The summed E-state index contributed by atoms with van der Waals surface area (Å²) in [5, 5.41) is 0. The second kappa shape index (κ2) is 5.08. The summed E-state index contributed by atoms with van der Waals surface area (Å²) >= 11 is 0. The molecule has 1 saturated heterocycles. The number of nitrogens with zero attached hydrogens (tertiary/aromatic N) is 1. The third-order valence-corrected chi connectivity index (χ3v) is 3.56. The van der Waals surface area contributed by atoms with Gasteiger partial charge in [0, 0.05) is 19.1 Å². The number of rotatable bonds is 2. The van der Waals surface area contributed by atoms with Crippen molar-refractivity contribution < 1.29 is 4.79 Å². The maximum atomic E-state index is 12.5. The molecule has 0 spiro atoms. The second-order valence-corrected chi connectivity index (χ2v) is 5.22. The Bertz CT molecular complexity index is 416. The summed E-state index contributed by atoms with van der Waals surface area (Å²) in [6.07, 6.45) is 1.94. The minimum atomic E-state index is -0.974. The van der Waals surface area contributed by atoms with E-state index in [0.717, 1.165) is 24.9 Å². The van der Waals surface area contributed by atoms with E-state index in [4.69, 9.17) is 11.5 Å². The molecule has 1 aromatic rings. The number of piperidine rings is 1. The number of hydrogen-bond acceptors (Lipinski definition) is 3. The fourth-order valence-corrected chi connectivity index (χ4v) is 2.43. The van der Waals surface area contributed by atoms with Gasteiger partial charge in [0.15, 0.2) is 0 Å². The molecule has 1 aliphatic heterocycles. The van der Waals surface area contributed by atoms with Crippen molar-refractivity contribution in [3.8, 4) is 0 Å². The average Bonchev–Trinajstić information content (AvgIpc) is 2.39. The predicted octanol–water partition coefficient (Wildman–Crippen LogP) is 0.810. The van der Waals surface area contributed by atoms with E-state index in [9.17, 15) is 4.79 Å². The molecular formula is C14H21N3O. The number of hydrogen-bond donors (Lipinski definition) is 2. The van der Waals surface area contributed by atoms with Crippen LogP contribution in [0.4, 0.5) is 0 Å². The molecule has 1 aliphatic rings. The minimum absolute atomic E-state index is 0.0381. The summed E-state index contributed by atoms with van der Waals surface area (Å²) in [4.78, 5) is 14.3. The summed E-state index contributed by atoms with van der Waals surface area (Å²) in [5.41, 5.74) is 12.0. The van der Waals surface area contributed by atoms with Crippen LogP contribution in [0.1, 0.15) is 25.3 Å². The van der Waals surface area contributed by atoms with E-state index >= 15 is 0 Å². The van der Waals surface area contributed by atoms with Gasteiger partial charge in [-0.1, -0.05) is 30.3 Å². The number of nitrogens with two attached hydrogens (primary N) is 2. The molecule has 0 saturated carbocycles. The number of likely N-dealkylation sites (tertiary alicyclic amines) is 1. The van der Waals surface area contributed by atoms with Crippen LogP contribution in [0, 0.1) is 0 Å². The van der Waals surface area contributed by atoms with Crippen molar-refractivity contribution in [2.24, 2.45) is 11.5 Å². The van der Waals surface area contributed by atoms with Gasteiger partial charge in [-0.15, -0.1) is 0 Å². The Hall–Kier alpha value is -1.39. The van der Waals surface area contributed by atoms with E-state index in [0.29, 0.717) is 6.54 Å². The van der Waals surface area contributed by atoms with Crippen molar-refractivity contribution in [3.63, 3.8) is 0 Å². The Morgan fingerprint density at radius 1 is 1.39 bits per heavy atom. The Morgan fingerprint density at radius 2 is 2.06 bits per heavy atom. The van der Waals surface area contributed by atoms with E-state index < -0.39 is 5.54 Å². The molecule has 0 aliphatic carbocycles. The molecule has 4 N–H and O–H groups in total. The standard InChI is InChI=1S/C14H21N3O/c1-14(16,11-6-3-2-4-7-11)13(18)17-9-5-8-12(15)10-17/h2-4,6-7,12H,5,8-10,15-16H2,1H3. The van der Waals surface area contributed by atoms with Crippen LogP contribution >= 0.6 is 0 Å². The molecule has 4 heteroatoms. The van der Waals surface area contributed by atoms with Crippen LogP contribution in [0.15, 0.2) is 30.3 Å². The predicted molar refractivity (Wildman–Crippen MR) is 71.8 cm³/mol. The average molecular weight is 247 g/mol. The molecule has 0 bridgehead atoms. The van der Waals surface area contributed by atoms with Gasteiger partial charge in [-0.25, -0.2) is 0 Å². The van der Waals surface area contributed by atoms with E-state index in [1.54, 1.807) is 11.8 Å². The van der Waals surface area contributed by atoms with Gasteiger partial charge < -0.3 is 16.4 Å². The largest absolute Gasteiger partial charge is 0.339 e. The van der Waals surface area contributed by atoms with E-state index in [1.807, 2.05) is 30.3 Å². The van der Waals surface area contributed by atoms with Gasteiger partial charge >= 0.3 is 0 Å². The first-order valence-electron chi connectivity index (χ1n) is 6.41. The lowest BCUT2D eigenvalue weighted by Gasteiger charge is -2.36. The highest BCUT2D eigenvalue weighted by Gasteiger charge is 2.35. The van der Waals surface area contributed by atoms with Gasteiger partial charge in [-0.2, -0.15) is 0 Å². The maximum Gasteiger partial charge on any atom is 0.247 e. The van der Waals surface area contributed by atoms with E-state index in [1.165, 1.54) is 0 Å². The quantitative estimate of drug-likeness (QED) is 0.812. The Morgan fingerprint density at radius 3 is 2.67 bits per heavy atom. The maximum absolute atomic E-state index is 12.5. The normalized spacial score (nSPS) is 23.5. The van der Waals surface area contributed by atoms with E-state index in [-0.39, 0.29) is 11.9 Å². The minimum Gasteiger partial charge on any atom is -0.339 e. The zero-order valence-electron chi connectivity index (χ0n) is 10.8. The monoisotopic (exact) mass is 247 g/mol. The Balaban J connectivity index is 2.17. The molecule has 18 heavy (non-hydrogen) atoms. The first kappa shape index (κ1) is 13.1. The molecule has 2 rings (SSSR count). The van der Waals surface area contributed by atoms with Gasteiger partial charge in [0.05, 0.1) is 0 Å². The number of benzene rings is 1. The molecule has 0 aromatic heterocycles. The van der Waals surface area contributed by atoms with Gasteiger partial charge in [0.1, 0.15) is 5.54 Å². The summed E-state index contributed by atoms with van der Waals surface area (Å²) in [6, 6.07) is 9.57. The van der Waals surface area contributed by atoms with Crippen LogP contribution in [-0.2, 0) is 10.3 Å². The second-order valence-electron chi connectivity index (χ2n) is 5.22. The van der Waals surface area contributed by atoms with Crippen molar-refractivity contribution in [1.82, 2.24) is 4.90 Å². The van der Waals surface area contributed by atoms with Crippen molar-refractivity contribution in [1.29, 1.82) is 0 Å². The molecule has 4 nitrogen and oxygen atoms in total. The van der Waals surface area contributed by atoms with Crippen LogP contribution < -0.4 is 11.5 Å². The lowest BCUT2D eigenvalue weighted by atomic mass is 9.90. The SMILES string of the molecule is CC(N)(C(=O)N1CCCC(N)C1)c1ccccc1. The topological polar surface area (TPSA) is 72.4 Å². The van der Waals surface area contributed by atoms with Gasteiger partial charge in [-0.05, 0) is 25.3 Å². The molecule has 1 aromatic carbocycles. The molecule has 1 heterocycles. The third-order valence-electron chi connectivity index (χ3n) is 3.56. The molecule has 2 atom stereocenters. The zero-order chi connectivity index (χ0) is 13.2. The highest BCUT2D eigenvalue weighted by Crippen LogP contribution is 2.22. The zero-order valence-corrected chi connectivity index (χ0v) is 10.8. The number of carbonyl (C=O) groups excluding carboxylic acids is 1. The third kappa shape index (κ3) is 2.54. The van der Waals surface area contributed by atoms with Crippen LogP contribution in [0.5, 0.6) is 0 Å². The summed E-state index contributed by atoms with van der Waals surface area (Å²) in [6.45, 7) is 3.13. The molecule has 1 amide bonds. The molecular weight excluding hydrogens is 226 g/mol. The fourth-order valence-electron chi connectivity index (χ4n) is 2.43. The fraction of sp³-hybridized carbons (Fsp3) is 0.500. The summed E-state index contributed by atoms with van der Waals surface area (Å²) < 4.78 is 0. The first-order chi connectivity index (χ1) is 8.51. The number of carbonyl (C=O) groups is 1. The van der Waals surface area contributed by atoms with Crippen LogP contribution in [0.25, 0.3) is 0 Å². The van der Waals surface area contributed by atoms with E-state index in [2.05, 4.69) is 0 Å². The van der Waals surface area contributed by atoms with Crippen LogP contribution in [0.2, 0.25) is 0 Å². The molecule has 1 fully saturated rings. The summed E-state index contributed by atoms with van der Waals surface area (Å²) in [5.74, 6) is -0.0381. The van der Waals surface area contributed by atoms with Crippen molar-refractivity contribution >= 4 is 5.91 Å². The molecule has 98 valence electrons.